The molecule has 1 aliphatic heterocycles. The number of carbonyl (C=O) groups is 1. The van der Waals surface area contributed by atoms with Crippen molar-refractivity contribution in [2.75, 3.05) is 56.5 Å². The molecule has 0 unspecified atom stereocenters. The molecule has 14 nitrogen and oxygen atoms in total. The van der Waals surface area contributed by atoms with Crippen molar-refractivity contribution in [3.63, 3.8) is 0 Å². The van der Waals surface area contributed by atoms with Crippen LogP contribution in [0.3, 0.4) is 0 Å². The molecule has 0 radical (unpaired) electrons. The van der Waals surface area contributed by atoms with Gasteiger partial charge in [0.1, 0.15) is 22.9 Å². The van der Waals surface area contributed by atoms with Crippen molar-refractivity contribution in [1.29, 1.82) is 0 Å². The number of carbonyl (C=O) groups excluding carboxylic acids is 1. The predicted octanol–water partition coefficient (Wildman–Crippen LogP) is 1.78. The molecule has 238 valence electrons. The molecule has 0 spiro atoms. The van der Waals surface area contributed by atoms with Gasteiger partial charge in [0.05, 0.1) is 24.5 Å². The van der Waals surface area contributed by atoms with Crippen molar-refractivity contribution in [3.8, 4) is 17.3 Å². The van der Waals surface area contributed by atoms with Crippen molar-refractivity contribution in [2.45, 2.75) is 26.4 Å². The lowest BCUT2D eigenvalue weighted by atomic mass is 10.1. The molecule has 1 atom stereocenters. The number of fused-ring (bicyclic) bond motifs is 3. The second kappa shape index (κ2) is 12.8. The van der Waals surface area contributed by atoms with Gasteiger partial charge in [0, 0.05) is 45.3 Å². The highest BCUT2D eigenvalue weighted by Gasteiger charge is 2.23. The molecule has 1 amide bonds. The minimum Gasteiger partial charge on any atom is -0.492 e. The Balaban J connectivity index is 1.03. The van der Waals surface area contributed by atoms with Gasteiger partial charge in [0.25, 0.3) is 0 Å². The van der Waals surface area contributed by atoms with E-state index in [-0.39, 0.29) is 41.6 Å². The van der Waals surface area contributed by atoms with Crippen LogP contribution in [0.2, 0.25) is 0 Å². The number of nitrogen functional groups attached to an aromatic ring is 1. The zero-order chi connectivity index (χ0) is 31.7. The summed E-state index contributed by atoms with van der Waals surface area (Å²) in [5.74, 6) is 0.791. The largest absolute Gasteiger partial charge is 0.492 e. The van der Waals surface area contributed by atoms with Crippen LogP contribution < -0.4 is 31.3 Å². The van der Waals surface area contributed by atoms with Crippen LogP contribution in [0.5, 0.6) is 5.75 Å². The number of nitrogens with zero attached hydrogens (tertiary/aromatic N) is 7. The first-order valence-corrected chi connectivity index (χ1v) is 15.5. The van der Waals surface area contributed by atoms with Crippen LogP contribution in [-0.2, 0) is 11.3 Å². The third-order valence-corrected chi connectivity index (χ3v) is 8.79. The number of ether oxygens (including phenoxy) is 1. The number of hydrogen-bond donors (Lipinski definition) is 3. The van der Waals surface area contributed by atoms with Crippen LogP contribution in [0.25, 0.3) is 27.6 Å². The van der Waals surface area contributed by atoms with Gasteiger partial charge in [0.2, 0.25) is 17.7 Å². The third-order valence-electron chi connectivity index (χ3n) is 7.82. The van der Waals surface area contributed by atoms with E-state index in [2.05, 4.69) is 25.3 Å². The number of anilines is 2. The maximum Gasteiger partial charge on any atom is 0.309 e. The molecule has 1 saturated heterocycles. The number of thiazole rings is 1. The van der Waals surface area contributed by atoms with Gasteiger partial charge in [0.15, 0.2) is 17.1 Å². The summed E-state index contributed by atoms with van der Waals surface area (Å²) in [4.78, 5) is 38.1. The molecule has 1 aliphatic rings. The van der Waals surface area contributed by atoms with E-state index in [0.29, 0.717) is 78.3 Å². The molecule has 0 bridgehead atoms. The number of nitrogens with two attached hydrogens (primary N) is 2. The van der Waals surface area contributed by atoms with Crippen LogP contribution in [0, 0.1) is 11.7 Å². The SMILES string of the molecule is CC(C)[C@H](N)C(=O)NCCOc1ccc(N2CCN(CCn3c(=O)sc4c3nc(N)n3nc(-c5ccco5)nc43)CC2)c(F)c1. The highest BCUT2D eigenvalue weighted by atomic mass is 32.1. The van der Waals surface area contributed by atoms with Gasteiger partial charge in [-0.25, -0.2) is 9.37 Å². The standard InChI is InChI=1S/C29H35FN10O4S/c1-17(2)22(31)27(41)33-7-15-43-18-5-6-20(19(30)16-18)38-11-8-37(9-12-38)10-13-39-25-23(45-29(39)42)26-34-24(21-4-3-14-44-21)36-40(26)28(32)35-25/h3-6,14,16-17,22H,7-13,15,31H2,1-2H3,(H2,32,35)(H,33,41)/t22-/m0/s1. The molecule has 1 aromatic carbocycles. The topological polar surface area (TPSA) is 175 Å². The number of rotatable bonds is 11. The lowest BCUT2D eigenvalue weighted by Gasteiger charge is -2.36. The van der Waals surface area contributed by atoms with E-state index in [1.54, 1.807) is 28.8 Å². The fourth-order valence-electron chi connectivity index (χ4n) is 5.19. The molecule has 5 heterocycles. The van der Waals surface area contributed by atoms with Crippen LogP contribution >= 0.6 is 11.3 Å². The molecular formula is C29H35FN10O4S. The van der Waals surface area contributed by atoms with Gasteiger partial charge >= 0.3 is 4.87 Å². The van der Waals surface area contributed by atoms with Crippen molar-refractivity contribution in [2.24, 2.45) is 11.7 Å². The lowest BCUT2D eigenvalue weighted by Crippen LogP contribution is -2.47. The van der Waals surface area contributed by atoms with Crippen LogP contribution in [-0.4, -0.2) is 86.9 Å². The maximum absolute atomic E-state index is 15.0. The molecule has 5 aromatic rings. The van der Waals surface area contributed by atoms with Gasteiger partial charge in [-0.05, 0) is 30.2 Å². The van der Waals surface area contributed by atoms with Crippen LogP contribution in [0.4, 0.5) is 16.0 Å². The normalized spacial score (nSPS) is 14.9. The van der Waals surface area contributed by atoms with Gasteiger partial charge in [-0.2, -0.15) is 9.50 Å². The number of halogens is 1. The van der Waals surface area contributed by atoms with E-state index in [0.717, 1.165) is 11.3 Å². The van der Waals surface area contributed by atoms with Gasteiger partial charge in [-0.3, -0.25) is 19.1 Å². The third kappa shape index (κ3) is 6.34. The summed E-state index contributed by atoms with van der Waals surface area (Å²) < 4.78 is 29.7. The second-order valence-corrected chi connectivity index (χ2v) is 12.1. The average Bonchev–Trinajstić information content (AvgIpc) is 3.78. The molecule has 4 aromatic heterocycles. The van der Waals surface area contributed by atoms with E-state index in [4.69, 9.17) is 20.6 Å². The Labute approximate surface area is 261 Å². The maximum atomic E-state index is 15.0. The van der Waals surface area contributed by atoms with E-state index in [1.165, 1.54) is 16.8 Å². The fourth-order valence-corrected chi connectivity index (χ4v) is 6.12. The average molecular weight is 639 g/mol. The van der Waals surface area contributed by atoms with Gasteiger partial charge < -0.3 is 30.8 Å². The zero-order valence-electron chi connectivity index (χ0n) is 25.0. The summed E-state index contributed by atoms with van der Waals surface area (Å²) in [5.41, 5.74) is 13.5. The molecule has 45 heavy (non-hydrogen) atoms. The van der Waals surface area contributed by atoms with Crippen molar-refractivity contribution in [1.82, 2.24) is 34.4 Å². The minimum atomic E-state index is -0.578. The van der Waals surface area contributed by atoms with E-state index >= 15 is 4.39 Å². The molecule has 5 N–H and O–H groups in total. The number of aromatic nitrogens is 5. The molecular weight excluding hydrogens is 603 g/mol. The first-order chi connectivity index (χ1) is 21.7. The highest BCUT2D eigenvalue weighted by molar-refractivity contribution is 7.17. The van der Waals surface area contributed by atoms with Crippen LogP contribution in [0.15, 0.2) is 45.8 Å². The predicted molar refractivity (Wildman–Crippen MR) is 169 cm³/mol. The van der Waals surface area contributed by atoms with E-state index in [9.17, 15) is 9.59 Å². The number of amides is 1. The van der Waals surface area contributed by atoms with E-state index in [1.807, 2.05) is 18.7 Å². The van der Waals surface area contributed by atoms with Gasteiger partial charge in [-0.15, -0.1) is 5.10 Å². The number of furan rings is 1. The highest BCUT2D eigenvalue weighted by Crippen LogP contribution is 2.27. The smallest absolute Gasteiger partial charge is 0.309 e. The molecule has 6 rings (SSSR count). The molecule has 0 saturated carbocycles. The Morgan fingerprint density at radius 3 is 2.67 bits per heavy atom. The number of nitrogens with one attached hydrogen (secondary N) is 1. The Morgan fingerprint density at radius 2 is 1.96 bits per heavy atom. The van der Waals surface area contributed by atoms with Crippen molar-refractivity contribution >= 4 is 44.9 Å². The molecule has 1 fully saturated rings. The Kier molecular flexibility index (Phi) is 8.69. The lowest BCUT2D eigenvalue weighted by molar-refractivity contribution is -0.123. The summed E-state index contributed by atoms with van der Waals surface area (Å²) in [6.45, 7) is 7.92. The Morgan fingerprint density at radius 1 is 1.16 bits per heavy atom. The minimum absolute atomic E-state index is 0.0350. The molecule has 0 aliphatic carbocycles. The second-order valence-electron chi connectivity index (χ2n) is 11.1. The summed E-state index contributed by atoms with van der Waals surface area (Å²) in [6, 6.07) is 7.71. The first-order valence-electron chi connectivity index (χ1n) is 14.7. The van der Waals surface area contributed by atoms with Gasteiger partial charge in [-0.1, -0.05) is 25.2 Å². The monoisotopic (exact) mass is 638 g/mol. The first kappa shape index (κ1) is 30.5. The zero-order valence-corrected chi connectivity index (χ0v) is 25.8. The summed E-state index contributed by atoms with van der Waals surface area (Å²) in [5, 5.41) is 7.12. The van der Waals surface area contributed by atoms with Crippen molar-refractivity contribution < 1.29 is 18.3 Å². The molecule has 16 heteroatoms. The Bertz CT molecular complexity index is 1860. The number of hydrogen-bond acceptors (Lipinski definition) is 12. The summed E-state index contributed by atoms with van der Waals surface area (Å²) in [7, 11) is 0. The fraction of sp³-hybridized carbons (Fsp3) is 0.414. The quantitative estimate of drug-likeness (QED) is 0.180. The summed E-state index contributed by atoms with van der Waals surface area (Å²) >= 11 is 1.06. The van der Waals surface area contributed by atoms with Crippen LogP contribution in [0.1, 0.15) is 13.8 Å². The number of benzene rings is 1. The Hall–Kier alpha value is -4.54. The summed E-state index contributed by atoms with van der Waals surface area (Å²) in [6.07, 6.45) is 1.53. The van der Waals surface area contributed by atoms with E-state index < -0.39 is 6.04 Å². The van der Waals surface area contributed by atoms with Crippen molar-refractivity contribution in [3.05, 3.63) is 52.1 Å². The number of piperazine rings is 1.